The van der Waals surface area contributed by atoms with Crippen molar-refractivity contribution in [2.75, 3.05) is 13.6 Å². The summed E-state index contributed by atoms with van der Waals surface area (Å²) in [4.78, 5) is 30.4. The second kappa shape index (κ2) is 8.43. The third kappa shape index (κ3) is 3.95. The molecule has 4 rings (SSSR count). The fourth-order valence-corrected chi connectivity index (χ4v) is 5.06. The molecule has 1 amide bonds. The Morgan fingerprint density at radius 2 is 1.90 bits per heavy atom. The first-order valence-electron chi connectivity index (χ1n) is 10.1. The Hall–Kier alpha value is -2.57. The highest BCUT2D eigenvalue weighted by molar-refractivity contribution is 7.21. The van der Waals surface area contributed by atoms with E-state index in [9.17, 15) is 9.59 Å². The van der Waals surface area contributed by atoms with E-state index in [-0.39, 0.29) is 11.6 Å². The molecule has 5 nitrogen and oxygen atoms in total. The highest BCUT2D eigenvalue weighted by atomic mass is 32.1. The van der Waals surface area contributed by atoms with Crippen molar-refractivity contribution in [1.29, 1.82) is 0 Å². The molecule has 1 N–H and O–H groups in total. The van der Waals surface area contributed by atoms with E-state index in [0.717, 1.165) is 52.8 Å². The van der Waals surface area contributed by atoms with E-state index in [4.69, 9.17) is 4.98 Å². The largest absolute Gasteiger partial charge is 0.323 e. The number of rotatable bonds is 7. The summed E-state index contributed by atoms with van der Waals surface area (Å²) in [6.07, 6.45) is 5.37. The molecule has 1 saturated carbocycles. The number of carbonyl (C=O) groups is 2. The molecule has 0 aliphatic heterocycles. The van der Waals surface area contributed by atoms with Gasteiger partial charge in [0.05, 0.1) is 15.9 Å². The number of aromatic nitrogens is 1. The van der Waals surface area contributed by atoms with Crippen LogP contribution in [0.25, 0.3) is 20.8 Å². The first kappa shape index (κ1) is 19.7. The predicted octanol–water partition coefficient (Wildman–Crippen LogP) is 4.48. The number of para-hydroxylation sites is 1. The SMILES string of the molecule is CN(C(=O)c1ccc(-c2nc3ccccc3s2)cc1)C1(NCCC=O)CCCC1. The maximum absolute atomic E-state index is 13.2. The van der Waals surface area contributed by atoms with Crippen LogP contribution in [0.1, 0.15) is 42.5 Å². The fraction of sp³-hybridized carbons (Fsp3) is 0.348. The summed E-state index contributed by atoms with van der Waals surface area (Å²) >= 11 is 1.66. The predicted molar refractivity (Wildman–Crippen MR) is 117 cm³/mol. The summed E-state index contributed by atoms with van der Waals surface area (Å²) < 4.78 is 1.16. The summed E-state index contributed by atoms with van der Waals surface area (Å²) in [5.74, 6) is 0.00125. The van der Waals surface area contributed by atoms with E-state index >= 15 is 0 Å². The van der Waals surface area contributed by atoms with Gasteiger partial charge in [0.1, 0.15) is 11.3 Å². The molecule has 1 fully saturated rings. The van der Waals surface area contributed by atoms with Crippen molar-refractivity contribution in [3.8, 4) is 10.6 Å². The normalized spacial score (nSPS) is 15.5. The topological polar surface area (TPSA) is 62.3 Å². The van der Waals surface area contributed by atoms with Gasteiger partial charge in [0.15, 0.2) is 0 Å². The quantitative estimate of drug-likeness (QED) is 0.356. The lowest BCUT2D eigenvalue weighted by Gasteiger charge is -2.40. The number of fused-ring (bicyclic) bond motifs is 1. The minimum absolute atomic E-state index is 0.00125. The number of carbonyl (C=O) groups excluding carboxylic acids is 2. The summed E-state index contributed by atoms with van der Waals surface area (Å²) in [5, 5.41) is 4.42. The van der Waals surface area contributed by atoms with Crippen molar-refractivity contribution in [2.24, 2.45) is 0 Å². The lowest BCUT2D eigenvalue weighted by atomic mass is 10.0. The van der Waals surface area contributed by atoms with Crippen molar-refractivity contribution >= 4 is 33.7 Å². The Labute approximate surface area is 174 Å². The lowest BCUT2D eigenvalue weighted by Crippen LogP contribution is -2.57. The number of nitrogens with one attached hydrogen (secondary N) is 1. The molecule has 2 aromatic carbocycles. The molecule has 150 valence electrons. The maximum Gasteiger partial charge on any atom is 0.255 e. The van der Waals surface area contributed by atoms with Gasteiger partial charge in [-0.25, -0.2) is 4.98 Å². The average molecular weight is 408 g/mol. The number of thiazole rings is 1. The molecule has 0 atom stereocenters. The van der Waals surface area contributed by atoms with Crippen LogP contribution in [0.3, 0.4) is 0 Å². The van der Waals surface area contributed by atoms with Gasteiger partial charge in [0.25, 0.3) is 5.91 Å². The molecule has 1 aliphatic rings. The number of hydrogen-bond donors (Lipinski definition) is 1. The van der Waals surface area contributed by atoms with Gasteiger partial charge in [-0.15, -0.1) is 11.3 Å². The lowest BCUT2D eigenvalue weighted by molar-refractivity contribution is -0.107. The summed E-state index contributed by atoms with van der Waals surface area (Å²) in [6, 6.07) is 15.8. The van der Waals surface area contributed by atoms with Crippen molar-refractivity contribution in [1.82, 2.24) is 15.2 Å². The van der Waals surface area contributed by atoms with E-state index < -0.39 is 0 Å². The standard InChI is InChI=1S/C23H25N3O2S/c1-26(23(13-4-5-14-23)24-15-6-16-27)22(28)18-11-9-17(10-12-18)21-25-19-7-2-3-8-20(19)29-21/h2-3,7-12,16,24H,4-6,13-15H2,1H3. The van der Waals surface area contributed by atoms with Crippen molar-refractivity contribution in [3.05, 3.63) is 54.1 Å². The van der Waals surface area contributed by atoms with Crippen LogP contribution in [0.5, 0.6) is 0 Å². The molecule has 29 heavy (non-hydrogen) atoms. The number of benzene rings is 2. The minimum Gasteiger partial charge on any atom is -0.323 e. The number of amides is 1. The van der Waals surface area contributed by atoms with Gasteiger partial charge in [0, 0.05) is 31.1 Å². The molecule has 6 heteroatoms. The van der Waals surface area contributed by atoms with Gasteiger partial charge in [-0.2, -0.15) is 0 Å². The van der Waals surface area contributed by atoms with Gasteiger partial charge in [0.2, 0.25) is 0 Å². The van der Waals surface area contributed by atoms with Gasteiger partial charge in [-0.05, 0) is 49.9 Å². The Morgan fingerprint density at radius 3 is 2.59 bits per heavy atom. The minimum atomic E-state index is -0.355. The highest BCUT2D eigenvalue weighted by Crippen LogP contribution is 2.34. The molecule has 0 spiro atoms. The number of nitrogens with zero attached hydrogens (tertiary/aromatic N) is 2. The zero-order chi connectivity index (χ0) is 20.3. The third-order valence-corrected chi connectivity index (χ3v) is 6.85. The first-order chi connectivity index (χ1) is 14.1. The monoisotopic (exact) mass is 407 g/mol. The molecule has 0 radical (unpaired) electrons. The Kier molecular flexibility index (Phi) is 5.74. The molecular weight excluding hydrogens is 382 g/mol. The highest BCUT2D eigenvalue weighted by Gasteiger charge is 2.39. The van der Waals surface area contributed by atoms with Crippen molar-refractivity contribution < 1.29 is 9.59 Å². The summed E-state index contributed by atoms with van der Waals surface area (Å²) in [6.45, 7) is 0.595. The number of hydrogen-bond acceptors (Lipinski definition) is 5. The fourth-order valence-electron chi connectivity index (χ4n) is 4.09. The van der Waals surface area contributed by atoms with E-state index in [1.54, 1.807) is 11.3 Å². The Bertz CT molecular complexity index is 973. The molecule has 1 heterocycles. The van der Waals surface area contributed by atoms with E-state index in [1.807, 2.05) is 54.4 Å². The zero-order valence-corrected chi connectivity index (χ0v) is 17.4. The second-order valence-electron chi connectivity index (χ2n) is 7.55. The number of aldehydes is 1. The van der Waals surface area contributed by atoms with E-state index in [1.165, 1.54) is 0 Å². The Morgan fingerprint density at radius 1 is 1.17 bits per heavy atom. The van der Waals surface area contributed by atoms with Crippen LogP contribution in [0.4, 0.5) is 0 Å². The van der Waals surface area contributed by atoms with Crippen LogP contribution in [0, 0.1) is 0 Å². The van der Waals surface area contributed by atoms with Crippen LogP contribution in [-0.4, -0.2) is 41.3 Å². The van der Waals surface area contributed by atoms with Gasteiger partial charge >= 0.3 is 0 Å². The second-order valence-corrected chi connectivity index (χ2v) is 8.58. The molecule has 3 aromatic rings. The zero-order valence-electron chi connectivity index (χ0n) is 16.6. The van der Waals surface area contributed by atoms with Crippen molar-refractivity contribution in [3.63, 3.8) is 0 Å². The maximum atomic E-state index is 13.2. The van der Waals surface area contributed by atoms with Crippen LogP contribution < -0.4 is 5.32 Å². The summed E-state index contributed by atoms with van der Waals surface area (Å²) in [5.41, 5.74) is 2.33. The average Bonchev–Trinajstić information content (AvgIpc) is 3.41. The van der Waals surface area contributed by atoms with Crippen molar-refractivity contribution in [2.45, 2.75) is 37.8 Å². The van der Waals surface area contributed by atoms with Gasteiger partial charge in [-0.1, -0.05) is 24.3 Å². The third-order valence-electron chi connectivity index (χ3n) is 5.77. The van der Waals surface area contributed by atoms with Gasteiger partial charge < -0.3 is 9.69 Å². The molecule has 1 aliphatic carbocycles. The van der Waals surface area contributed by atoms with Crippen LogP contribution in [0.2, 0.25) is 0 Å². The van der Waals surface area contributed by atoms with Gasteiger partial charge in [-0.3, -0.25) is 10.1 Å². The molecule has 0 bridgehead atoms. The smallest absolute Gasteiger partial charge is 0.255 e. The molecule has 0 saturated heterocycles. The molecule has 1 aromatic heterocycles. The van der Waals surface area contributed by atoms with Crippen LogP contribution in [-0.2, 0) is 4.79 Å². The molecule has 0 unspecified atom stereocenters. The first-order valence-corrected chi connectivity index (χ1v) is 10.9. The summed E-state index contributed by atoms with van der Waals surface area (Å²) in [7, 11) is 1.86. The van der Waals surface area contributed by atoms with Crippen LogP contribution >= 0.6 is 11.3 Å². The molecular formula is C23H25N3O2S. The Balaban J connectivity index is 1.53. The van der Waals surface area contributed by atoms with E-state index in [2.05, 4.69) is 11.4 Å². The van der Waals surface area contributed by atoms with Crippen LogP contribution in [0.15, 0.2) is 48.5 Å². The van der Waals surface area contributed by atoms with E-state index in [0.29, 0.717) is 18.5 Å².